The molecule has 64 valence electrons. The van der Waals surface area contributed by atoms with Crippen LogP contribution in [0.2, 0.25) is 0 Å². The second kappa shape index (κ2) is 2.01. The van der Waals surface area contributed by atoms with Crippen LogP contribution in [0, 0.1) is 16.7 Å². The molecule has 1 atom stereocenters. The molecule has 2 bridgehead atoms. The number of aliphatic hydroxyl groups excluding tert-OH is 1. The fourth-order valence-electron chi connectivity index (χ4n) is 3.21. The van der Waals surface area contributed by atoms with Crippen molar-refractivity contribution in [2.24, 2.45) is 16.7 Å². The fourth-order valence-corrected chi connectivity index (χ4v) is 3.21. The molecule has 3 aliphatic carbocycles. The Morgan fingerprint density at radius 2 is 1.91 bits per heavy atom. The van der Waals surface area contributed by atoms with Gasteiger partial charge in [-0.3, -0.25) is 0 Å². The van der Waals surface area contributed by atoms with Gasteiger partial charge in [0.25, 0.3) is 0 Å². The first-order valence-corrected chi connectivity index (χ1v) is 4.77. The van der Waals surface area contributed by atoms with Crippen molar-refractivity contribution in [3.05, 3.63) is 0 Å². The highest BCUT2D eigenvalue weighted by Gasteiger charge is 2.68. The first kappa shape index (κ1) is 7.60. The predicted octanol–water partition coefficient (Wildman–Crippen LogP) is 2.20. The van der Waals surface area contributed by atoms with E-state index in [-0.39, 0.29) is 0 Å². The topological polar surface area (TPSA) is 20.2 Å². The molecule has 11 heavy (non-hydrogen) atoms. The second-order valence-electron chi connectivity index (χ2n) is 4.86. The standard InChI is InChI=1S/C10H18O/c1-3-8(2)10-4-9(5-10,6-10)7-11/h8,11H,3-7H2,1-2H3. The van der Waals surface area contributed by atoms with E-state index in [4.69, 9.17) is 5.11 Å². The van der Waals surface area contributed by atoms with Gasteiger partial charge in [-0.25, -0.2) is 0 Å². The lowest BCUT2D eigenvalue weighted by Crippen LogP contribution is -2.65. The van der Waals surface area contributed by atoms with E-state index in [0.717, 1.165) is 5.92 Å². The van der Waals surface area contributed by atoms with Crippen molar-refractivity contribution in [2.75, 3.05) is 6.61 Å². The molecule has 3 saturated carbocycles. The van der Waals surface area contributed by atoms with Crippen LogP contribution in [0.4, 0.5) is 0 Å². The third-order valence-electron chi connectivity index (χ3n) is 4.17. The summed E-state index contributed by atoms with van der Waals surface area (Å²) >= 11 is 0. The lowest BCUT2D eigenvalue weighted by molar-refractivity contribution is -0.249. The minimum absolute atomic E-state index is 0.406. The zero-order valence-electron chi connectivity index (χ0n) is 7.56. The van der Waals surface area contributed by atoms with E-state index in [9.17, 15) is 0 Å². The Hall–Kier alpha value is -0.0400. The third-order valence-corrected chi connectivity index (χ3v) is 4.17. The van der Waals surface area contributed by atoms with E-state index in [1.165, 1.54) is 25.7 Å². The zero-order valence-corrected chi connectivity index (χ0v) is 7.56. The summed E-state index contributed by atoms with van der Waals surface area (Å²) in [5, 5.41) is 9.05. The van der Waals surface area contributed by atoms with Crippen LogP contribution in [-0.4, -0.2) is 11.7 Å². The van der Waals surface area contributed by atoms with Gasteiger partial charge >= 0.3 is 0 Å². The SMILES string of the molecule is CCC(C)C12CC(CO)(C1)C2. The molecule has 3 rings (SSSR count). The van der Waals surface area contributed by atoms with Crippen molar-refractivity contribution in [3.8, 4) is 0 Å². The average molecular weight is 154 g/mol. The minimum Gasteiger partial charge on any atom is -0.396 e. The Morgan fingerprint density at radius 1 is 1.36 bits per heavy atom. The molecule has 1 N–H and O–H groups in total. The Labute approximate surface area is 68.8 Å². The molecular weight excluding hydrogens is 136 g/mol. The molecular formula is C10H18O. The van der Waals surface area contributed by atoms with Gasteiger partial charge in [-0.05, 0) is 36.0 Å². The zero-order chi connectivity index (χ0) is 8.11. The van der Waals surface area contributed by atoms with Crippen LogP contribution in [0.15, 0.2) is 0 Å². The van der Waals surface area contributed by atoms with Gasteiger partial charge in [0, 0.05) is 6.61 Å². The predicted molar refractivity (Wildman–Crippen MR) is 45.3 cm³/mol. The van der Waals surface area contributed by atoms with Gasteiger partial charge in [0.1, 0.15) is 0 Å². The quantitative estimate of drug-likeness (QED) is 0.660. The smallest absolute Gasteiger partial charge is 0.0488 e. The highest BCUT2D eigenvalue weighted by atomic mass is 16.3. The maximum Gasteiger partial charge on any atom is 0.0488 e. The van der Waals surface area contributed by atoms with Crippen LogP contribution in [0.25, 0.3) is 0 Å². The van der Waals surface area contributed by atoms with Crippen LogP contribution >= 0.6 is 0 Å². The van der Waals surface area contributed by atoms with Gasteiger partial charge in [0.2, 0.25) is 0 Å². The van der Waals surface area contributed by atoms with E-state index in [2.05, 4.69) is 13.8 Å². The van der Waals surface area contributed by atoms with Gasteiger partial charge in [-0.15, -0.1) is 0 Å². The summed E-state index contributed by atoms with van der Waals surface area (Å²) < 4.78 is 0. The Balaban J connectivity index is 1.93. The normalized spacial score (nSPS) is 49.4. The van der Waals surface area contributed by atoms with Gasteiger partial charge in [-0.2, -0.15) is 0 Å². The molecule has 0 aromatic rings. The van der Waals surface area contributed by atoms with Crippen molar-refractivity contribution in [1.29, 1.82) is 0 Å². The summed E-state index contributed by atoms with van der Waals surface area (Å²) in [4.78, 5) is 0. The van der Waals surface area contributed by atoms with Gasteiger partial charge in [-0.1, -0.05) is 20.3 Å². The number of rotatable bonds is 3. The fraction of sp³-hybridized carbons (Fsp3) is 1.00. The van der Waals surface area contributed by atoms with Gasteiger partial charge < -0.3 is 5.11 Å². The third kappa shape index (κ3) is 0.752. The van der Waals surface area contributed by atoms with Crippen molar-refractivity contribution in [1.82, 2.24) is 0 Å². The molecule has 1 unspecified atom stereocenters. The van der Waals surface area contributed by atoms with Crippen molar-refractivity contribution < 1.29 is 5.11 Å². The maximum absolute atomic E-state index is 9.05. The van der Waals surface area contributed by atoms with Crippen LogP contribution in [0.3, 0.4) is 0 Å². The van der Waals surface area contributed by atoms with E-state index in [1.807, 2.05) is 0 Å². The summed E-state index contributed by atoms with van der Waals surface area (Å²) in [6, 6.07) is 0. The molecule has 0 amide bonds. The summed E-state index contributed by atoms with van der Waals surface area (Å²) in [7, 11) is 0. The van der Waals surface area contributed by atoms with E-state index >= 15 is 0 Å². The van der Waals surface area contributed by atoms with Crippen LogP contribution in [0.5, 0.6) is 0 Å². The van der Waals surface area contributed by atoms with E-state index in [1.54, 1.807) is 0 Å². The lowest BCUT2D eigenvalue weighted by atomic mass is 9.32. The van der Waals surface area contributed by atoms with Crippen LogP contribution in [0.1, 0.15) is 39.5 Å². The highest BCUT2D eigenvalue weighted by molar-refractivity contribution is 5.17. The lowest BCUT2D eigenvalue weighted by Gasteiger charge is -2.73. The number of hydrogen-bond donors (Lipinski definition) is 1. The van der Waals surface area contributed by atoms with E-state index < -0.39 is 0 Å². The summed E-state index contributed by atoms with van der Waals surface area (Å²) in [6.07, 6.45) is 5.24. The molecule has 0 saturated heterocycles. The van der Waals surface area contributed by atoms with Gasteiger partial charge in [0.05, 0.1) is 0 Å². The van der Waals surface area contributed by atoms with Crippen molar-refractivity contribution >= 4 is 0 Å². The molecule has 0 aromatic carbocycles. The molecule has 0 aromatic heterocycles. The molecule has 0 spiro atoms. The second-order valence-corrected chi connectivity index (χ2v) is 4.86. The Morgan fingerprint density at radius 3 is 2.27 bits per heavy atom. The maximum atomic E-state index is 9.05. The first-order valence-electron chi connectivity index (χ1n) is 4.77. The molecule has 3 aliphatic rings. The Kier molecular flexibility index (Phi) is 1.39. The van der Waals surface area contributed by atoms with Crippen molar-refractivity contribution in [3.63, 3.8) is 0 Å². The molecule has 1 nitrogen and oxygen atoms in total. The minimum atomic E-state index is 0.406. The van der Waals surface area contributed by atoms with E-state index in [0.29, 0.717) is 17.4 Å². The number of hydrogen-bond acceptors (Lipinski definition) is 1. The van der Waals surface area contributed by atoms with Gasteiger partial charge in [0.15, 0.2) is 0 Å². The number of aliphatic hydroxyl groups is 1. The van der Waals surface area contributed by atoms with Crippen molar-refractivity contribution in [2.45, 2.75) is 39.5 Å². The average Bonchev–Trinajstić information content (AvgIpc) is 1.83. The molecule has 0 aliphatic heterocycles. The molecule has 0 heterocycles. The summed E-state index contributed by atoms with van der Waals surface area (Å²) in [6.45, 7) is 5.07. The molecule has 3 fully saturated rings. The molecule has 1 heteroatoms. The largest absolute Gasteiger partial charge is 0.396 e. The van der Waals surface area contributed by atoms with Crippen LogP contribution < -0.4 is 0 Å². The molecule has 0 radical (unpaired) electrons. The summed E-state index contributed by atoms with van der Waals surface area (Å²) in [5.74, 6) is 0.885. The summed E-state index contributed by atoms with van der Waals surface area (Å²) in [5.41, 5.74) is 1.08. The first-order chi connectivity index (χ1) is 5.16. The Bertz CT molecular complexity index is 154. The highest BCUT2D eigenvalue weighted by Crippen LogP contribution is 2.76. The van der Waals surface area contributed by atoms with Crippen LogP contribution in [-0.2, 0) is 0 Å². The monoisotopic (exact) mass is 154 g/mol.